The summed E-state index contributed by atoms with van der Waals surface area (Å²) in [5.74, 6) is 0.224. The van der Waals surface area contributed by atoms with E-state index in [-0.39, 0.29) is 0 Å². The van der Waals surface area contributed by atoms with Gasteiger partial charge in [-0.15, -0.1) is 0 Å². The van der Waals surface area contributed by atoms with Gasteiger partial charge in [0.15, 0.2) is 5.60 Å². The number of benzene rings is 1. The van der Waals surface area contributed by atoms with Gasteiger partial charge in [0.05, 0.1) is 7.11 Å². The summed E-state index contributed by atoms with van der Waals surface area (Å²) in [6, 6.07) is 7.49. The molecule has 0 aliphatic rings. The molecule has 1 heterocycles. The summed E-state index contributed by atoms with van der Waals surface area (Å²) in [5.41, 5.74) is -1.00. The van der Waals surface area contributed by atoms with Crippen molar-refractivity contribution in [1.29, 1.82) is 0 Å². The molecular formula is C14H15NO3. The molecule has 0 N–H and O–H groups in total. The predicted octanol–water partition coefficient (Wildman–Crippen LogP) is 2.57. The molecule has 0 aliphatic carbocycles. The van der Waals surface area contributed by atoms with E-state index in [1.165, 1.54) is 7.11 Å². The standard InChI is InChI=1S/C14H15NO3/c1-14(2,13(16)17-3)18-12-5-4-11-9-15-7-6-10(11)8-12/h4-9H,1-3H3. The van der Waals surface area contributed by atoms with E-state index in [0.717, 1.165) is 10.8 Å². The molecule has 94 valence electrons. The molecule has 0 amide bonds. The van der Waals surface area contributed by atoms with Crippen LogP contribution < -0.4 is 4.74 Å². The second kappa shape index (κ2) is 4.64. The summed E-state index contributed by atoms with van der Waals surface area (Å²) < 4.78 is 10.4. The first kappa shape index (κ1) is 12.4. The Morgan fingerprint density at radius 1 is 1.22 bits per heavy atom. The number of nitrogens with zero attached hydrogens (tertiary/aromatic N) is 1. The second-order valence-electron chi connectivity index (χ2n) is 4.49. The number of carbonyl (C=O) groups is 1. The van der Waals surface area contributed by atoms with Gasteiger partial charge in [0.1, 0.15) is 5.75 Å². The van der Waals surface area contributed by atoms with E-state index in [9.17, 15) is 4.79 Å². The van der Waals surface area contributed by atoms with Crippen LogP contribution in [0, 0.1) is 0 Å². The Morgan fingerprint density at radius 2 is 2.00 bits per heavy atom. The van der Waals surface area contributed by atoms with Crippen LogP contribution in [-0.4, -0.2) is 23.7 Å². The van der Waals surface area contributed by atoms with Crippen LogP contribution in [0.4, 0.5) is 0 Å². The zero-order valence-electron chi connectivity index (χ0n) is 10.6. The Morgan fingerprint density at radius 3 is 2.72 bits per heavy atom. The zero-order valence-corrected chi connectivity index (χ0v) is 10.6. The lowest BCUT2D eigenvalue weighted by Crippen LogP contribution is -2.39. The molecule has 2 aromatic rings. The number of methoxy groups -OCH3 is 1. The Labute approximate surface area is 106 Å². The molecule has 0 atom stereocenters. The lowest BCUT2D eigenvalue weighted by atomic mass is 10.1. The Kier molecular flexibility index (Phi) is 3.19. The van der Waals surface area contributed by atoms with Crippen LogP contribution in [0.2, 0.25) is 0 Å². The minimum atomic E-state index is -1.00. The number of ether oxygens (including phenoxy) is 2. The van der Waals surface area contributed by atoms with E-state index in [4.69, 9.17) is 9.47 Å². The van der Waals surface area contributed by atoms with Crippen molar-refractivity contribution in [3.05, 3.63) is 36.7 Å². The molecule has 1 aromatic carbocycles. The summed E-state index contributed by atoms with van der Waals surface area (Å²) >= 11 is 0. The maximum atomic E-state index is 11.5. The second-order valence-corrected chi connectivity index (χ2v) is 4.49. The Hall–Kier alpha value is -2.10. The normalized spacial score (nSPS) is 11.3. The number of pyridine rings is 1. The highest BCUT2D eigenvalue weighted by Crippen LogP contribution is 2.24. The Balaban J connectivity index is 2.29. The highest BCUT2D eigenvalue weighted by atomic mass is 16.6. The summed E-state index contributed by atoms with van der Waals surface area (Å²) in [6.45, 7) is 3.35. The number of fused-ring (bicyclic) bond motifs is 1. The molecule has 0 bridgehead atoms. The molecule has 1 aromatic heterocycles. The minimum Gasteiger partial charge on any atom is -0.476 e. The van der Waals surface area contributed by atoms with Crippen molar-refractivity contribution >= 4 is 16.7 Å². The van der Waals surface area contributed by atoms with Crippen molar-refractivity contribution in [3.63, 3.8) is 0 Å². The summed E-state index contributed by atoms with van der Waals surface area (Å²) in [7, 11) is 1.35. The quantitative estimate of drug-likeness (QED) is 0.780. The Bertz CT molecular complexity index is 578. The summed E-state index contributed by atoms with van der Waals surface area (Å²) in [4.78, 5) is 15.6. The fourth-order valence-corrected chi connectivity index (χ4v) is 1.71. The number of rotatable bonds is 3. The van der Waals surface area contributed by atoms with Crippen molar-refractivity contribution in [3.8, 4) is 5.75 Å². The van der Waals surface area contributed by atoms with E-state index in [1.54, 1.807) is 26.2 Å². The monoisotopic (exact) mass is 245 g/mol. The predicted molar refractivity (Wildman–Crippen MR) is 68.5 cm³/mol. The third-order valence-corrected chi connectivity index (χ3v) is 2.66. The molecule has 0 saturated carbocycles. The molecule has 0 unspecified atom stereocenters. The van der Waals surface area contributed by atoms with E-state index in [1.807, 2.05) is 24.3 Å². The zero-order chi connectivity index (χ0) is 13.2. The van der Waals surface area contributed by atoms with Crippen LogP contribution >= 0.6 is 0 Å². The maximum Gasteiger partial charge on any atom is 0.349 e. The van der Waals surface area contributed by atoms with E-state index >= 15 is 0 Å². The topological polar surface area (TPSA) is 48.4 Å². The van der Waals surface area contributed by atoms with Crippen molar-refractivity contribution in [1.82, 2.24) is 4.98 Å². The first-order valence-corrected chi connectivity index (χ1v) is 5.64. The molecule has 2 rings (SSSR count). The van der Waals surface area contributed by atoms with Gasteiger partial charge in [-0.2, -0.15) is 0 Å². The van der Waals surface area contributed by atoms with Gasteiger partial charge in [-0.05, 0) is 43.5 Å². The molecular weight excluding hydrogens is 230 g/mol. The fourth-order valence-electron chi connectivity index (χ4n) is 1.71. The number of aromatic nitrogens is 1. The molecule has 0 radical (unpaired) electrons. The highest BCUT2D eigenvalue weighted by molar-refractivity contribution is 5.83. The van der Waals surface area contributed by atoms with Crippen LogP contribution in [0.15, 0.2) is 36.7 Å². The van der Waals surface area contributed by atoms with Gasteiger partial charge in [-0.3, -0.25) is 4.98 Å². The van der Waals surface area contributed by atoms with Crippen molar-refractivity contribution in [2.75, 3.05) is 7.11 Å². The van der Waals surface area contributed by atoms with Gasteiger partial charge in [0.2, 0.25) is 0 Å². The van der Waals surface area contributed by atoms with E-state index in [2.05, 4.69) is 4.98 Å². The maximum absolute atomic E-state index is 11.5. The largest absolute Gasteiger partial charge is 0.476 e. The smallest absolute Gasteiger partial charge is 0.349 e. The number of hydrogen-bond acceptors (Lipinski definition) is 4. The van der Waals surface area contributed by atoms with Crippen molar-refractivity contribution in [2.24, 2.45) is 0 Å². The molecule has 0 aliphatic heterocycles. The lowest BCUT2D eigenvalue weighted by molar-refractivity contribution is -0.156. The lowest BCUT2D eigenvalue weighted by Gasteiger charge is -2.23. The van der Waals surface area contributed by atoms with Gasteiger partial charge < -0.3 is 9.47 Å². The van der Waals surface area contributed by atoms with Gasteiger partial charge >= 0.3 is 5.97 Å². The molecule has 0 saturated heterocycles. The molecule has 4 nitrogen and oxygen atoms in total. The van der Waals surface area contributed by atoms with Crippen LogP contribution in [0.1, 0.15) is 13.8 Å². The number of esters is 1. The van der Waals surface area contributed by atoms with Crippen LogP contribution in [0.3, 0.4) is 0 Å². The first-order valence-electron chi connectivity index (χ1n) is 5.64. The van der Waals surface area contributed by atoms with Crippen molar-refractivity contribution in [2.45, 2.75) is 19.4 Å². The molecule has 0 spiro atoms. The average molecular weight is 245 g/mol. The molecule has 0 fully saturated rings. The van der Waals surface area contributed by atoms with E-state index < -0.39 is 11.6 Å². The third-order valence-electron chi connectivity index (χ3n) is 2.66. The first-order chi connectivity index (χ1) is 8.53. The van der Waals surface area contributed by atoms with Crippen LogP contribution in [0.5, 0.6) is 5.75 Å². The van der Waals surface area contributed by atoms with Gasteiger partial charge in [-0.1, -0.05) is 0 Å². The van der Waals surface area contributed by atoms with E-state index in [0.29, 0.717) is 5.75 Å². The van der Waals surface area contributed by atoms with Gasteiger partial charge in [0.25, 0.3) is 0 Å². The fraction of sp³-hybridized carbons (Fsp3) is 0.286. The molecule has 4 heteroatoms. The third kappa shape index (κ3) is 2.42. The number of hydrogen-bond donors (Lipinski definition) is 0. The SMILES string of the molecule is COC(=O)C(C)(C)Oc1ccc2cnccc2c1. The summed E-state index contributed by atoms with van der Waals surface area (Å²) in [5, 5.41) is 2.05. The average Bonchev–Trinajstić information content (AvgIpc) is 2.37. The highest BCUT2D eigenvalue weighted by Gasteiger charge is 2.31. The van der Waals surface area contributed by atoms with Crippen LogP contribution in [-0.2, 0) is 9.53 Å². The van der Waals surface area contributed by atoms with Crippen molar-refractivity contribution < 1.29 is 14.3 Å². The van der Waals surface area contributed by atoms with Gasteiger partial charge in [0, 0.05) is 17.8 Å². The molecule has 18 heavy (non-hydrogen) atoms. The van der Waals surface area contributed by atoms with Gasteiger partial charge in [-0.25, -0.2) is 4.79 Å². The summed E-state index contributed by atoms with van der Waals surface area (Å²) in [6.07, 6.45) is 3.50. The minimum absolute atomic E-state index is 0.405. The number of carbonyl (C=O) groups excluding carboxylic acids is 1. The van der Waals surface area contributed by atoms with Crippen LogP contribution in [0.25, 0.3) is 10.8 Å².